The van der Waals surface area contributed by atoms with E-state index in [1.807, 2.05) is 16.8 Å². The molecule has 0 saturated heterocycles. The number of hydrogen-bond donors (Lipinski definition) is 1. The fourth-order valence-electron chi connectivity index (χ4n) is 2.18. The van der Waals surface area contributed by atoms with Gasteiger partial charge >= 0.3 is 0 Å². The second-order valence-corrected chi connectivity index (χ2v) is 7.49. The van der Waals surface area contributed by atoms with Gasteiger partial charge in [-0.2, -0.15) is 16.3 Å². The maximum Gasteiger partial charge on any atom is 0.263 e. The Morgan fingerprint density at radius 2 is 2.04 bits per heavy atom. The van der Waals surface area contributed by atoms with Crippen LogP contribution in [0.3, 0.4) is 0 Å². The predicted octanol–water partition coefficient (Wildman–Crippen LogP) is 4.51. The highest BCUT2D eigenvalue weighted by atomic mass is 35.5. The van der Waals surface area contributed by atoms with E-state index < -0.39 is 0 Å². The summed E-state index contributed by atoms with van der Waals surface area (Å²) in [5.41, 5.74) is 1.81. The van der Waals surface area contributed by atoms with Crippen LogP contribution in [0.4, 0.5) is 0 Å². The molecule has 130 valence electrons. The average Bonchev–Trinajstić information content (AvgIpc) is 3.41. The summed E-state index contributed by atoms with van der Waals surface area (Å²) in [5.74, 6) is 0.546. The first-order valence-electron chi connectivity index (χ1n) is 7.54. The monoisotopic (exact) mass is 402 g/mol. The number of nitrogens with one attached hydrogen (secondary N) is 1. The number of benzene rings is 1. The normalized spacial score (nSPS) is 10.8. The van der Waals surface area contributed by atoms with Crippen LogP contribution in [0, 0.1) is 0 Å². The van der Waals surface area contributed by atoms with Crippen molar-refractivity contribution in [1.82, 2.24) is 20.4 Å². The molecule has 4 aromatic rings. The minimum Gasteiger partial charge on any atom is -0.342 e. The summed E-state index contributed by atoms with van der Waals surface area (Å²) >= 11 is 8.80. The summed E-state index contributed by atoms with van der Waals surface area (Å²) in [5, 5.41) is 12.1. The van der Waals surface area contributed by atoms with Gasteiger partial charge in [0.2, 0.25) is 11.7 Å². The lowest BCUT2D eigenvalue weighted by Crippen LogP contribution is -2.21. The molecule has 1 aromatic carbocycles. The molecule has 1 N–H and O–H groups in total. The van der Waals surface area contributed by atoms with Gasteiger partial charge in [0.15, 0.2) is 0 Å². The van der Waals surface area contributed by atoms with Crippen molar-refractivity contribution in [3.05, 3.63) is 63.1 Å². The SMILES string of the molecule is O=C(NCc1nc(-c2ccc(Cl)cc2)no1)c1cnc(-c2ccsc2)s1. The van der Waals surface area contributed by atoms with E-state index in [4.69, 9.17) is 16.1 Å². The smallest absolute Gasteiger partial charge is 0.263 e. The van der Waals surface area contributed by atoms with Crippen LogP contribution in [0.1, 0.15) is 15.6 Å². The molecular formula is C17H11ClN4O2S2. The third-order valence-corrected chi connectivity index (χ3v) is 5.45. The fraction of sp³-hybridized carbons (Fsp3) is 0.0588. The molecule has 0 aliphatic carbocycles. The van der Waals surface area contributed by atoms with E-state index in [9.17, 15) is 4.79 Å². The molecule has 0 spiro atoms. The first-order valence-corrected chi connectivity index (χ1v) is 9.68. The third-order valence-electron chi connectivity index (χ3n) is 3.47. The highest BCUT2D eigenvalue weighted by Gasteiger charge is 2.14. The number of carbonyl (C=O) groups excluding carboxylic acids is 1. The minimum atomic E-state index is -0.227. The number of amides is 1. The zero-order valence-corrected chi connectivity index (χ0v) is 15.6. The number of thiophene rings is 1. The number of rotatable bonds is 5. The molecule has 0 aliphatic heterocycles. The lowest BCUT2D eigenvalue weighted by molar-refractivity contribution is 0.0950. The summed E-state index contributed by atoms with van der Waals surface area (Å²) in [7, 11) is 0. The summed E-state index contributed by atoms with van der Waals surface area (Å²) in [6, 6.07) is 9.09. The van der Waals surface area contributed by atoms with Crippen LogP contribution in [-0.2, 0) is 6.54 Å². The molecular weight excluding hydrogens is 392 g/mol. The first kappa shape index (κ1) is 16.9. The molecule has 6 nitrogen and oxygen atoms in total. The summed E-state index contributed by atoms with van der Waals surface area (Å²) < 4.78 is 5.18. The highest BCUT2D eigenvalue weighted by Crippen LogP contribution is 2.27. The van der Waals surface area contributed by atoms with Gasteiger partial charge in [0.1, 0.15) is 9.88 Å². The predicted molar refractivity (Wildman–Crippen MR) is 101 cm³/mol. The Balaban J connectivity index is 1.40. The number of hydrogen-bond acceptors (Lipinski definition) is 7. The van der Waals surface area contributed by atoms with Crippen molar-refractivity contribution >= 4 is 40.2 Å². The van der Waals surface area contributed by atoms with E-state index in [1.54, 1.807) is 41.8 Å². The van der Waals surface area contributed by atoms with Gasteiger partial charge in [-0.1, -0.05) is 16.8 Å². The van der Waals surface area contributed by atoms with Crippen molar-refractivity contribution < 1.29 is 9.32 Å². The van der Waals surface area contributed by atoms with Crippen LogP contribution >= 0.6 is 34.3 Å². The largest absolute Gasteiger partial charge is 0.342 e. The quantitative estimate of drug-likeness (QED) is 0.531. The first-order chi connectivity index (χ1) is 12.7. The molecule has 26 heavy (non-hydrogen) atoms. The number of halogens is 1. The van der Waals surface area contributed by atoms with Gasteiger partial charge in [-0.15, -0.1) is 11.3 Å². The van der Waals surface area contributed by atoms with Crippen molar-refractivity contribution in [2.75, 3.05) is 0 Å². The molecule has 0 fully saturated rings. The molecule has 0 bridgehead atoms. The standard InChI is InChI=1S/C17H11ClN4O2S2/c18-12-3-1-10(2-4-12)15-21-14(24-22-15)8-19-16(23)13-7-20-17(26-13)11-5-6-25-9-11/h1-7,9H,8H2,(H,19,23). The Kier molecular flexibility index (Phi) is 4.79. The van der Waals surface area contributed by atoms with Gasteiger partial charge in [-0.25, -0.2) is 4.98 Å². The zero-order valence-electron chi connectivity index (χ0n) is 13.2. The van der Waals surface area contributed by atoms with E-state index in [1.165, 1.54) is 11.3 Å². The van der Waals surface area contributed by atoms with E-state index in [-0.39, 0.29) is 12.5 Å². The molecule has 0 atom stereocenters. The van der Waals surface area contributed by atoms with Gasteiger partial charge in [-0.3, -0.25) is 4.79 Å². The van der Waals surface area contributed by atoms with Gasteiger partial charge in [-0.05, 0) is 35.7 Å². The van der Waals surface area contributed by atoms with E-state index in [2.05, 4.69) is 20.4 Å². The Morgan fingerprint density at radius 3 is 2.81 bits per heavy atom. The number of thiazole rings is 1. The average molecular weight is 403 g/mol. The van der Waals surface area contributed by atoms with Crippen LogP contribution in [0.2, 0.25) is 5.02 Å². The Labute approximate surface area is 161 Å². The minimum absolute atomic E-state index is 0.144. The van der Waals surface area contributed by atoms with E-state index >= 15 is 0 Å². The number of carbonyl (C=O) groups is 1. The Bertz CT molecular complexity index is 1030. The van der Waals surface area contributed by atoms with Gasteiger partial charge in [0.25, 0.3) is 5.91 Å². The molecule has 0 aliphatic rings. The Hall–Kier alpha value is -2.55. The molecule has 9 heteroatoms. The maximum atomic E-state index is 12.3. The van der Waals surface area contributed by atoms with Crippen LogP contribution in [-0.4, -0.2) is 21.0 Å². The van der Waals surface area contributed by atoms with Crippen molar-refractivity contribution in [2.45, 2.75) is 6.54 Å². The molecule has 0 saturated carbocycles. The van der Waals surface area contributed by atoms with Crippen LogP contribution in [0.5, 0.6) is 0 Å². The van der Waals surface area contributed by atoms with Crippen molar-refractivity contribution in [3.8, 4) is 22.0 Å². The molecule has 4 rings (SSSR count). The molecule has 1 amide bonds. The van der Waals surface area contributed by atoms with Crippen molar-refractivity contribution in [2.24, 2.45) is 0 Å². The molecule has 0 unspecified atom stereocenters. The second kappa shape index (κ2) is 7.36. The molecule has 3 aromatic heterocycles. The van der Waals surface area contributed by atoms with Gasteiger partial charge < -0.3 is 9.84 Å². The lowest BCUT2D eigenvalue weighted by atomic mass is 10.2. The third kappa shape index (κ3) is 3.67. The van der Waals surface area contributed by atoms with Gasteiger partial charge in [0.05, 0.1) is 12.7 Å². The number of aromatic nitrogens is 3. The Morgan fingerprint density at radius 1 is 1.19 bits per heavy atom. The molecule has 0 radical (unpaired) electrons. The second-order valence-electron chi connectivity index (χ2n) is 5.24. The van der Waals surface area contributed by atoms with E-state index in [0.29, 0.717) is 21.6 Å². The summed E-state index contributed by atoms with van der Waals surface area (Å²) in [6.07, 6.45) is 1.57. The van der Waals surface area contributed by atoms with Crippen molar-refractivity contribution in [3.63, 3.8) is 0 Å². The molecule has 3 heterocycles. The highest BCUT2D eigenvalue weighted by molar-refractivity contribution is 7.17. The van der Waals surface area contributed by atoms with Gasteiger partial charge in [0, 0.05) is 21.5 Å². The van der Waals surface area contributed by atoms with Crippen molar-refractivity contribution in [1.29, 1.82) is 0 Å². The van der Waals surface area contributed by atoms with E-state index in [0.717, 1.165) is 16.1 Å². The zero-order chi connectivity index (χ0) is 17.9. The number of nitrogens with zero attached hydrogens (tertiary/aromatic N) is 3. The maximum absolute atomic E-state index is 12.3. The topological polar surface area (TPSA) is 80.9 Å². The fourth-order valence-corrected chi connectivity index (χ4v) is 3.85. The van der Waals surface area contributed by atoms with Crippen LogP contribution in [0.15, 0.2) is 51.8 Å². The van der Waals surface area contributed by atoms with Crippen LogP contribution in [0.25, 0.3) is 22.0 Å². The summed E-state index contributed by atoms with van der Waals surface area (Å²) in [6.45, 7) is 0.144. The lowest BCUT2D eigenvalue weighted by Gasteiger charge is -1.98. The summed E-state index contributed by atoms with van der Waals surface area (Å²) in [4.78, 5) is 21.4. The van der Waals surface area contributed by atoms with Crippen LogP contribution < -0.4 is 5.32 Å².